The van der Waals surface area contributed by atoms with Gasteiger partial charge in [0.1, 0.15) is 0 Å². The molecule has 0 spiro atoms. The van der Waals surface area contributed by atoms with Crippen LogP contribution in [0.1, 0.15) is 30.9 Å². The quantitative estimate of drug-likeness (QED) is 0.660. The first-order valence-corrected chi connectivity index (χ1v) is 6.80. The summed E-state index contributed by atoms with van der Waals surface area (Å²) in [5.41, 5.74) is 4.32. The van der Waals surface area contributed by atoms with Gasteiger partial charge in [0.25, 0.3) is 0 Å². The molecule has 98 valence electrons. The summed E-state index contributed by atoms with van der Waals surface area (Å²) < 4.78 is 2.15. The number of rotatable bonds is 2. The van der Waals surface area contributed by atoms with Crippen LogP contribution in [0, 0.1) is 11.3 Å². The topological polar surface area (TPSA) is 28.7 Å². The summed E-state index contributed by atoms with van der Waals surface area (Å²) in [5, 5.41) is 10.0. The fourth-order valence-electron chi connectivity index (χ4n) is 2.46. The van der Waals surface area contributed by atoms with E-state index < -0.39 is 0 Å². The molecule has 1 aromatic heterocycles. The Morgan fingerprint density at radius 1 is 1.00 bits per heavy atom. The Kier molecular flexibility index (Phi) is 3.04. The van der Waals surface area contributed by atoms with Crippen molar-refractivity contribution >= 4 is 10.9 Å². The van der Waals surface area contributed by atoms with Crippen LogP contribution >= 0.6 is 0 Å². The molecular formula is C18H16N2. The minimum Gasteiger partial charge on any atom is -0.317 e. The zero-order valence-corrected chi connectivity index (χ0v) is 11.7. The number of aromatic nitrogens is 1. The van der Waals surface area contributed by atoms with E-state index in [1.54, 1.807) is 0 Å². The van der Waals surface area contributed by atoms with Crippen molar-refractivity contribution in [3.8, 4) is 11.8 Å². The highest BCUT2D eigenvalue weighted by molar-refractivity contribution is 5.83. The molecule has 3 rings (SSSR count). The summed E-state index contributed by atoms with van der Waals surface area (Å²) in [6, 6.07) is 18.7. The maximum Gasteiger partial charge on any atom is 0.0991 e. The van der Waals surface area contributed by atoms with Gasteiger partial charge < -0.3 is 4.57 Å². The minimum atomic E-state index is 0.545. The van der Waals surface area contributed by atoms with Gasteiger partial charge in [0.2, 0.25) is 0 Å². The molecule has 0 saturated carbocycles. The second-order valence-electron chi connectivity index (χ2n) is 5.32. The Hall–Kier alpha value is -2.53. The Morgan fingerprint density at radius 2 is 1.75 bits per heavy atom. The zero-order chi connectivity index (χ0) is 14.1. The van der Waals surface area contributed by atoms with Crippen LogP contribution in [0.3, 0.4) is 0 Å². The molecule has 0 bridgehead atoms. The SMILES string of the molecule is CC(C)c1ccc(-n2ccc3cc(C#N)ccc32)cc1. The van der Waals surface area contributed by atoms with E-state index in [0.29, 0.717) is 11.5 Å². The first-order valence-electron chi connectivity index (χ1n) is 6.80. The maximum absolute atomic E-state index is 8.95. The fourth-order valence-corrected chi connectivity index (χ4v) is 2.46. The van der Waals surface area contributed by atoms with E-state index in [1.165, 1.54) is 5.56 Å². The van der Waals surface area contributed by atoms with Crippen molar-refractivity contribution in [3.05, 3.63) is 65.9 Å². The largest absolute Gasteiger partial charge is 0.317 e. The maximum atomic E-state index is 8.95. The van der Waals surface area contributed by atoms with Crippen LogP contribution in [-0.4, -0.2) is 4.57 Å². The van der Waals surface area contributed by atoms with Crippen LogP contribution in [-0.2, 0) is 0 Å². The van der Waals surface area contributed by atoms with E-state index in [0.717, 1.165) is 16.6 Å². The summed E-state index contributed by atoms with van der Waals surface area (Å²) in [7, 11) is 0. The second-order valence-corrected chi connectivity index (χ2v) is 5.32. The van der Waals surface area contributed by atoms with Crippen LogP contribution in [0.15, 0.2) is 54.7 Å². The third-order valence-corrected chi connectivity index (χ3v) is 3.66. The van der Waals surface area contributed by atoms with Crippen LogP contribution < -0.4 is 0 Å². The van der Waals surface area contributed by atoms with Gasteiger partial charge in [0, 0.05) is 17.3 Å². The van der Waals surface area contributed by atoms with Crippen molar-refractivity contribution in [3.63, 3.8) is 0 Å². The molecule has 0 radical (unpaired) electrons. The highest BCUT2D eigenvalue weighted by Gasteiger charge is 2.05. The van der Waals surface area contributed by atoms with Crippen LogP contribution in [0.5, 0.6) is 0 Å². The highest BCUT2D eigenvalue weighted by Crippen LogP contribution is 2.23. The number of nitrogens with zero attached hydrogens (tertiary/aromatic N) is 2. The molecule has 2 nitrogen and oxygen atoms in total. The van der Waals surface area contributed by atoms with Gasteiger partial charge in [-0.25, -0.2) is 0 Å². The van der Waals surface area contributed by atoms with Crippen LogP contribution in [0.2, 0.25) is 0 Å². The molecule has 2 heteroatoms. The van der Waals surface area contributed by atoms with E-state index in [4.69, 9.17) is 5.26 Å². The number of fused-ring (bicyclic) bond motifs is 1. The standard InChI is InChI=1S/C18H16N2/c1-13(2)15-4-6-17(7-5-15)20-10-9-16-11-14(12-19)3-8-18(16)20/h3-11,13H,1-2H3. The van der Waals surface area contributed by atoms with E-state index >= 15 is 0 Å². The highest BCUT2D eigenvalue weighted by atomic mass is 15.0. The van der Waals surface area contributed by atoms with E-state index in [-0.39, 0.29) is 0 Å². The van der Waals surface area contributed by atoms with Gasteiger partial charge >= 0.3 is 0 Å². The first-order chi connectivity index (χ1) is 9.69. The molecule has 2 aromatic carbocycles. The van der Waals surface area contributed by atoms with Crippen LogP contribution in [0.4, 0.5) is 0 Å². The van der Waals surface area contributed by atoms with Crippen molar-refractivity contribution in [2.45, 2.75) is 19.8 Å². The molecule has 0 N–H and O–H groups in total. The average molecular weight is 260 g/mol. The molecule has 0 fully saturated rings. The first kappa shape index (κ1) is 12.5. The lowest BCUT2D eigenvalue weighted by Crippen LogP contribution is -1.93. The third kappa shape index (κ3) is 2.08. The van der Waals surface area contributed by atoms with Gasteiger partial charge in [-0.15, -0.1) is 0 Å². The summed E-state index contributed by atoms with van der Waals surface area (Å²) >= 11 is 0. The van der Waals surface area contributed by atoms with Crippen molar-refractivity contribution in [1.82, 2.24) is 4.57 Å². The predicted octanol–water partition coefficient (Wildman–Crippen LogP) is 4.63. The third-order valence-electron chi connectivity index (χ3n) is 3.66. The lowest BCUT2D eigenvalue weighted by Gasteiger charge is -2.09. The molecular weight excluding hydrogens is 244 g/mol. The normalized spacial score (nSPS) is 10.9. The van der Waals surface area contributed by atoms with Gasteiger partial charge in [-0.1, -0.05) is 26.0 Å². The monoisotopic (exact) mass is 260 g/mol. The molecule has 0 saturated heterocycles. The smallest absolute Gasteiger partial charge is 0.0991 e. The Labute approximate surface area is 118 Å². The molecule has 0 aliphatic heterocycles. The predicted molar refractivity (Wildman–Crippen MR) is 82.1 cm³/mol. The summed E-state index contributed by atoms with van der Waals surface area (Å²) in [4.78, 5) is 0. The molecule has 0 aliphatic rings. The van der Waals surface area contributed by atoms with Crippen molar-refractivity contribution in [1.29, 1.82) is 5.26 Å². The molecule has 20 heavy (non-hydrogen) atoms. The van der Waals surface area contributed by atoms with E-state index in [1.807, 2.05) is 24.3 Å². The number of hydrogen-bond donors (Lipinski definition) is 0. The van der Waals surface area contributed by atoms with Gasteiger partial charge in [-0.3, -0.25) is 0 Å². The number of nitriles is 1. The van der Waals surface area contributed by atoms with Gasteiger partial charge in [-0.05, 0) is 47.9 Å². The summed E-state index contributed by atoms with van der Waals surface area (Å²) in [6.45, 7) is 4.40. The number of benzene rings is 2. The van der Waals surface area contributed by atoms with Crippen molar-refractivity contribution in [2.75, 3.05) is 0 Å². The van der Waals surface area contributed by atoms with E-state index in [2.05, 4.69) is 54.9 Å². The van der Waals surface area contributed by atoms with Gasteiger partial charge in [-0.2, -0.15) is 5.26 Å². The van der Waals surface area contributed by atoms with E-state index in [9.17, 15) is 0 Å². The summed E-state index contributed by atoms with van der Waals surface area (Å²) in [6.07, 6.45) is 2.05. The van der Waals surface area contributed by atoms with Crippen molar-refractivity contribution < 1.29 is 0 Å². The van der Waals surface area contributed by atoms with Gasteiger partial charge in [0.15, 0.2) is 0 Å². The lowest BCUT2D eigenvalue weighted by molar-refractivity contribution is 0.865. The minimum absolute atomic E-state index is 0.545. The molecule has 0 atom stereocenters. The summed E-state index contributed by atoms with van der Waals surface area (Å²) in [5.74, 6) is 0.545. The van der Waals surface area contributed by atoms with Crippen LogP contribution in [0.25, 0.3) is 16.6 Å². The number of hydrogen-bond acceptors (Lipinski definition) is 1. The Balaban J connectivity index is 2.08. The molecule has 1 heterocycles. The fraction of sp³-hybridized carbons (Fsp3) is 0.167. The molecule has 0 amide bonds. The zero-order valence-electron chi connectivity index (χ0n) is 11.7. The van der Waals surface area contributed by atoms with Crippen molar-refractivity contribution in [2.24, 2.45) is 0 Å². The molecule has 0 unspecified atom stereocenters. The molecule has 0 aliphatic carbocycles. The average Bonchev–Trinajstić information content (AvgIpc) is 2.90. The van der Waals surface area contributed by atoms with Gasteiger partial charge in [0.05, 0.1) is 17.1 Å². The Morgan fingerprint density at radius 3 is 2.40 bits per heavy atom. The second kappa shape index (κ2) is 4.86. The molecule has 3 aromatic rings. The Bertz CT molecular complexity index is 786. The lowest BCUT2D eigenvalue weighted by atomic mass is 10.0.